The molecule has 4 heteroatoms. The van der Waals surface area contributed by atoms with E-state index in [4.69, 9.17) is 10.5 Å². The van der Waals surface area contributed by atoms with Crippen molar-refractivity contribution in [1.82, 2.24) is 4.57 Å². The molecule has 1 aromatic rings. The Balaban J connectivity index is 3.06. The number of nitrogens with zero attached hydrogens (tertiary/aromatic N) is 1. The Kier molecular flexibility index (Phi) is 2.60. The van der Waals surface area contributed by atoms with E-state index < -0.39 is 0 Å². The van der Waals surface area contributed by atoms with E-state index >= 15 is 0 Å². The fourth-order valence-electron chi connectivity index (χ4n) is 1.21. The number of aryl methyl sites for hydroxylation is 1. The molecule has 0 aliphatic carbocycles. The first-order valence-corrected chi connectivity index (χ1v) is 4.16. The summed E-state index contributed by atoms with van der Waals surface area (Å²) in [5.74, 6) is -0.365. The highest BCUT2D eigenvalue weighted by Crippen LogP contribution is 2.17. The number of carbonyl (C=O) groups excluding carboxylic acids is 1. The molecule has 0 aliphatic heterocycles. The average Bonchev–Trinajstić information content (AvgIpc) is 2.27. The maximum absolute atomic E-state index is 11.4. The van der Waals surface area contributed by atoms with Crippen molar-refractivity contribution in [1.29, 1.82) is 0 Å². The summed E-state index contributed by atoms with van der Waals surface area (Å²) >= 11 is 0. The van der Waals surface area contributed by atoms with Gasteiger partial charge in [0.15, 0.2) is 5.69 Å². The lowest BCUT2D eigenvalue weighted by Gasteiger charge is -2.04. The van der Waals surface area contributed by atoms with Gasteiger partial charge in [0.1, 0.15) is 0 Å². The van der Waals surface area contributed by atoms with Gasteiger partial charge in [-0.05, 0) is 19.9 Å². The van der Waals surface area contributed by atoms with E-state index in [1.54, 1.807) is 24.6 Å². The summed E-state index contributed by atoms with van der Waals surface area (Å²) in [7, 11) is 1.79. The summed E-state index contributed by atoms with van der Waals surface area (Å²) in [6, 6.07) is 1.76. The van der Waals surface area contributed by atoms with Gasteiger partial charge in [0.25, 0.3) is 0 Å². The van der Waals surface area contributed by atoms with Crippen LogP contribution in [-0.4, -0.2) is 17.1 Å². The molecule has 0 radical (unpaired) electrons. The number of hydrogen-bond acceptors (Lipinski definition) is 3. The summed E-state index contributed by atoms with van der Waals surface area (Å²) in [6.45, 7) is 4.02. The molecule has 13 heavy (non-hydrogen) atoms. The second-order valence-corrected chi connectivity index (χ2v) is 2.87. The van der Waals surface area contributed by atoms with Crippen LogP contribution in [0.15, 0.2) is 6.07 Å². The van der Waals surface area contributed by atoms with Gasteiger partial charge in [-0.15, -0.1) is 0 Å². The molecule has 0 aromatic carbocycles. The quantitative estimate of drug-likeness (QED) is 0.696. The van der Waals surface area contributed by atoms with Crippen molar-refractivity contribution in [2.45, 2.75) is 13.8 Å². The molecule has 0 spiro atoms. The minimum atomic E-state index is -0.365. The fraction of sp³-hybridized carbons (Fsp3) is 0.444. The van der Waals surface area contributed by atoms with Crippen LogP contribution in [0.4, 0.5) is 5.69 Å². The summed E-state index contributed by atoms with van der Waals surface area (Å²) < 4.78 is 6.59. The van der Waals surface area contributed by atoms with Gasteiger partial charge in [-0.25, -0.2) is 4.79 Å². The maximum atomic E-state index is 11.4. The van der Waals surface area contributed by atoms with Crippen molar-refractivity contribution < 1.29 is 9.53 Å². The van der Waals surface area contributed by atoms with E-state index in [-0.39, 0.29) is 5.97 Å². The number of carbonyl (C=O) groups is 1. The Morgan fingerprint density at radius 3 is 2.69 bits per heavy atom. The first kappa shape index (κ1) is 9.64. The summed E-state index contributed by atoms with van der Waals surface area (Å²) in [5.41, 5.74) is 7.50. The largest absolute Gasteiger partial charge is 0.461 e. The van der Waals surface area contributed by atoms with Gasteiger partial charge in [0.05, 0.1) is 12.3 Å². The van der Waals surface area contributed by atoms with E-state index in [9.17, 15) is 4.79 Å². The monoisotopic (exact) mass is 182 g/mol. The normalized spacial score (nSPS) is 10.1. The predicted molar refractivity (Wildman–Crippen MR) is 50.5 cm³/mol. The van der Waals surface area contributed by atoms with Crippen LogP contribution in [-0.2, 0) is 11.8 Å². The zero-order valence-electron chi connectivity index (χ0n) is 8.13. The highest BCUT2D eigenvalue weighted by Gasteiger charge is 2.16. The van der Waals surface area contributed by atoms with Gasteiger partial charge in [-0.2, -0.15) is 0 Å². The first-order chi connectivity index (χ1) is 6.07. The van der Waals surface area contributed by atoms with Crippen molar-refractivity contribution in [2.75, 3.05) is 12.3 Å². The van der Waals surface area contributed by atoms with Crippen molar-refractivity contribution in [2.24, 2.45) is 7.05 Å². The zero-order valence-corrected chi connectivity index (χ0v) is 8.13. The number of hydrogen-bond donors (Lipinski definition) is 1. The number of nitrogen functional groups attached to an aromatic ring is 1. The zero-order chi connectivity index (χ0) is 10.0. The number of nitrogens with two attached hydrogens (primary N) is 1. The molecule has 1 aromatic heterocycles. The standard InChI is InChI=1S/C9H14N2O2/c1-4-13-9(12)8-7(10)5-6(2)11(8)3/h5H,4,10H2,1-3H3. The van der Waals surface area contributed by atoms with Crippen LogP contribution in [0.1, 0.15) is 23.1 Å². The van der Waals surface area contributed by atoms with Crippen molar-refractivity contribution in [3.63, 3.8) is 0 Å². The molecule has 0 unspecified atom stereocenters. The second-order valence-electron chi connectivity index (χ2n) is 2.87. The fourth-order valence-corrected chi connectivity index (χ4v) is 1.21. The molecule has 72 valence electrons. The molecular weight excluding hydrogens is 168 g/mol. The molecule has 0 fully saturated rings. The summed E-state index contributed by atoms with van der Waals surface area (Å²) in [4.78, 5) is 11.4. The molecule has 0 atom stereocenters. The molecule has 2 N–H and O–H groups in total. The molecule has 0 aliphatic rings. The summed E-state index contributed by atoms with van der Waals surface area (Å²) in [5, 5.41) is 0. The lowest BCUT2D eigenvalue weighted by atomic mass is 10.3. The van der Waals surface area contributed by atoms with Crippen LogP contribution in [0.5, 0.6) is 0 Å². The molecule has 1 heterocycles. The number of ether oxygens (including phenoxy) is 1. The topological polar surface area (TPSA) is 57.2 Å². The van der Waals surface area contributed by atoms with E-state index in [0.29, 0.717) is 18.0 Å². The Morgan fingerprint density at radius 2 is 2.31 bits per heavy atom. The highest BCUT2D eigenvalue weighted by atomic mass is 16.5. The SMILES string of the molecule is CCOC(=O)c1c(N)cc(C)n1C. The van der Waals surface area contributed by atoms with Crippen LogP contribution < -0.4 is 5.73 Å². The van der Waals surface area contributed by atoms with Crippen LogP contribution in [0, 0.1) is 6.92 Å². The molecule has 1 rings (SSSR count). The third-order valence-electron chi connectivity index (χ3n) is 1.97. The van der Waals surface area contributed by atoms with E-state index in [2.05, 4.69) is 0 Å². The van der Waals surface area contributed by atoms with Crippen molar-refractivity contribution in [3.8, 4) is 0 Å². The molecule has 0 bridgehead atoms. The Labute approximate surface area is 77.3 Å². The molecule has 0 saturated heterocycles. The van der Waals surface area contributed by atoms with Gasteiger partial charge in [-0.1, -0.05) is 0 Å². The molecule has 0 amide bonds. The number of aromatic nitrogens is 1. The van der Waals surface area contributed by atoms with Gasteiger partial charge in [-0.3, -0.25) is 0 Å². The Hall–Kier alpha value is -1.45. The van der Waals surface area contributed by atoms with Crippen molar-refractivity contribution in [3.05, 3.63) is 17.5 Å². The van der Waals surface area contributed by atoms with Gasteiger partial charge >= 0.3 is 5.97 Å². The molecular formula is C9H14N2O2. The van der Waals surface area contributed by atoms with Crippen LogP contribution in [0.2, 0.25) is 0 Å². The van der Waals surface area contributed by atoms with Gasteiger partial charge in [0, 0.05) is 12.7 Å². The Morgan fingerprint density at radius 1 is 1.69 bits per heavy atom. The van der Waals surface area contributed by atoms with E-state index in [1.165, 1.54) is 0 Å². The van der Waals surface area contributed by atoms with E-state index in [0.717, 1.165) is 5.69 Å². The van der Waals surface area contributed by atoms with Crippen molar-refractivity contribution >= 4 is 11.7 Å². The van der Waals surface area contributed by atoms with Crippen LogP contribution in [0.25, 0.3) is 0 Å². The molecule has 0 saturated carbocycles. The van der Waals surface area contributed by atoms with Crippen LogP contribution in [0.3, 0.4) is 0 Å². The lowest BCUT2D eigenvalue weighted by Crippen LogP contribution is -2.12. The van der Waals surface area contributed by atoms with Gasteiger partial charge < -0.3 is 15.0 Å². The third-order valence-corrected chi connectivity index (χ3v) is 1.97. The lowest BCUT2D eigenvalue weighted by molar-refractivity contribution is 0.0516. The number of rotatable bonds is 2. The average molecular weight is 182 g/mol. The molecule has 4 nitrogen and oxygen atoms in total. The highest BCUT2D eigenvalue weighted by molar-refractivity contribution is 5.93. The van der Waals surface area contributed by atoms with E-state index in [1.807, 2.05) is 6.92 Å². The predicted octanol–water partition coefficient (Wildman–Crippen LogP) is 1.09. The minimum absolute atomic E-state index is 0.364. The first-order valence-electron chi connectivity index (χ1n) is 4.16. The van der Waals surface area contributed by atoms with Gasteiger partial charge in [0.2, 0.25) is 0 Å². The number of esters is 1. The second kappa shape index (κ2) is 3.51. The summed E-state index contributed by atoms with van der Waals surface area (Å²) in [6.07, 6.45) is 0. The number of anilines is 1. The Bertz CT molecular complexity index is 329. The minimum Gasteiger partial charge on any atom is -0.461 e. The van der Waals surface area contributed by atoms with Crippen LogP contribution >= 0.6 is 0 Å². The smallest absolute Gasteiger partial charge is 0.357 e. The maximum Gasteiger partial charge on any atom is 0.357 e. The third kappa shape index (κ3) is 1.66.